The third-order valence-corrected chi connectivity index (χ3v) is 7.99. The lowest BCUT2D eigenvalue weighted by Gasteiger charge is -2.43. The van der Waals surface area contributed by atoms with E-state index in [1.165, 1.54) is 25.9 Å². The van der Waals surface area contributed by atoms with Crippen molar-refractivity contribution in [2.24, 2.45) is 11.8 Å². The van der Waals surface area contributed by atoms with Gasteiger partial charge in [-0.15, -0.1) is 0 Å². The first-order chi connectivity index (χ1) is 15.7. The Morgan fingerprint density at radius 3 is 2.27 bits per heavy atom. The van der Waals surface area contributed by atoms with Gasteiger partial charge in [-0.05, 0) is 103 Å². The van der Waals surface area contributed by atoms with E-state index in [1.807, 2.05) is 31.1 Å². The molecule has 2 aliphatic heterocycles. The fraction of sp³-hybridized carbons (Fsp3) is 0.600. The van der Waals surface area contributed by atoms with Crippen molar-refractivity contribution in [3.05, 3.63) is 35.0 Å². The summed E-state index contributed by atoms with van der Waals surface area (Å²) in [6.07, 6.45) is 4.60. The van der Waals surface area contributed by atoms with Gasteiger partial charge in [0, 0.05) is 29.0 Å². The molecule has 2 amide bonds. The molecule has 2 saturated heterocycles. The fourth-order valence-corrected chi connectivity index (χ4v) is 5.43. The number of carbonyl (C=O) groups excluding carboxylic acids is 2. The predicted molar refractivity (Wildman–Crippen MR) is 132 cm³/mol. The first kappa shape index (κ1) is 24.0. The lowest BCUT2D eigenvalue weighted by Crippen LogP contribution is -2.66. The molecule has 1 aromatic heterocycles. The summed E-state index contributed by atoms with van der Waals surface area (Å²) in [6, 6.07) is 7.21. The number of rotatable bonds is 5. The van der Waals surface area contributed by atoms with Crippen LogP contribution in [-0.2, 0) is 4.79 Å². The quantitative estimate of drug-likeness (QED) is 0.653. The summed E-state index contributed by atoms with van der Waals surface area (Å²) in [4.78, 5) is 36.0. The summed E-state index contributed by atoms with van der Waals surface area (Å²) in [5, 5.41) is 4.47. The van der Waals surface area contributed by atoms with Gasteiger partial charge in [0.25, 0.3) is 11.8 Å². The van der Waals surface area contributed by atoms with Crippen LogP contribution in [0.25, 0.3) is 10.9 Å². The Labute approximate surface area is 201 Å². The number of likely N-dealkylation sites (N-methyl/N-ethyl adjacent to an activating group) is 1. The van der Waals surface area contributed by atoms with Crippen molar-refractivity contribution in [3.8, 4) is 0 Å². The number of benzene rings is 1. The Morgan fingerprint density at radius 1 is 1.06 bits per heavy atom. The van der Waals surface area contributed by atoms with Crippen LogP contribution >= 0.6 is 11.6 Å². The van der Waals surface area contributed by atoms with Gasteiger partial charge in [0.15, 0.2) is 5.66 Å². The van der Waals surface area contributed by atoms with E-state index < -0.39 is 5.66 Å². The zero-order valence-electron chi connectivity index (χ0n) is 20.2. The Kier molecular flexibility index (Phi) is 7.03. The zero-order valence-corrected chi connectivity index (χ0v) is 20.9. The van der Waals surface area contributed by atoms with Crippen molar-refractivity contribution in [3.63, 3.8) is 0 Å². The molecule has 8 heteroatoms. The van der Waals surface area contributed by atoms with Crippen LogP contribution in [-0.4, -0.2) is 84.5 Å². The summed E-state index contributed by atoms with van der Waals surface area (Å²) in [6.45, 7) is 5.64. The maximum Gasteiger partial charge on any atom is 0.269 e. The van der Waals surface area contributed by atoms with E-state index in [-0.39, 0.29) is 11.8 Å². The van der Waals surface area contributed by atoms with Gasteiger partial charge in [0.05, 0.1) is 0 Å². The molecule has 0 saturated carbocycles. The average Bonchev–Trinajstić information content (AvgIpc) is 3.22. The van der Waals surface area contributed by atoms with E-state index in [0.29, 0.717) is 16.6 Å². The van der Waals surface area contributed by atoms with Crippen LogP contribution in [0, 0.1) is 11.8 Å². The molecule has 180 valence electrons. The summed E-state index contributed by atoms with van der Waals surface area (Å²) < 4.78 is 0. The number of hydrogen-bond donors (Lipinski definition) is 2. The van der Waals surface area contributed by atoms with Gasteiger partial charge in [-0.3, -0.25) is 14.5 Å². The number of fused-ring (bicyclic) bond motifs is 1. The highest BCUT2D eigenvalue weighted by Gasteiger charge is 2.42. The first-order valence-corrected chi connectivity index (χ1v) is 12.3. The number of amides is 2. The number of hydrogen-bond acceptors (Lipinski definition) is 4. The second-order valence-corrected chi connectivity index (χ2v) is 10.5. The number of carbonyl (C=O) groups is 2. The lowest BCUT2D eigenvalue weighted by atomic mass is 9.78. The normalized spacial score (nSPS) is 20.8. The number of aromatic amines is 1. The third kappa shape index (κ3) is 5.05. The van der Waals surface area contributed by atoms with E-state index in [0.717, 1.165) is 42.8 Å². The predicted octanol–water partition coefficient (Wildman–Crippen LogP) is 3.41. The van der Waals surface area contributed by atoms with Crippen molar-refractivity contribution in [2.45, 2.75) is 38.3 Å². The van der Waals surface area contributed by atoms with Gasteiger partial charge in [-0.25, -0.2) is 0 Å². The third-order valence-electron chi connectivity index (χ3n) is 7.75. The van der Waals surface area contributed by atoms with Crippen molar-refractivity contribution in [1.82, 2.24) is 25.0 Å². The minimum atomic E-state index is -1.13. The number of nitrogens with one attached hydrogen (secondary N) is 2. The summed E-state index contributed by atoms with van der Waals surface area (Å²) in [5.74, 6) is 1.10. The van der Waals surface area contributed by atoms with Gasteiger partial charge < -0.3 is 20.1 Å². The van der Waals surface area contributed by atoms with Gasteiger partial charge in [0.1, 0.15) is 5.69 Å². The molecule has 33 heavy (non-hydrogen) atoms. The number of likely N-dealkylation sites (tertiary alicyclic amines) is 2. The highest BCUT2D eigenvalue weighted by atomic mass is 35.5. The van der Waals surface area contributed by atoms with E-state index in [1.54, 1.807) is 24.0 Å². The molecule has 3 heterocycles. The van der Waals surface area contributed by atoms with E-state index in [2.05, 4.69) is 22.2 Å². The number of nitrogens with zero attached hydrogens (tertiary/aromatic N) is 3. The molecule has 2 N–H and O–H groups in total. The summed E-state index contributed by atoms with van der Waals surface area (Å²) in [7, 11) is 5.85. The smallest absolute Gasteiger partial charge is 0.269 e. The molecule has 2 aliphatic rings. The number of aromatic nitrogens is 1. The topological polar surface area (TPSA) is 71.7 Å². The average molecular weight is 474 g/mol. The molecular weight excluding hydrogens is 438 g/mol. The molecule has 0 spiro atoms. The standard InChI is InChI=1S/C25H36ClN5O2/c1-25(29(2)3,28-23(32)22-16-19-15-20(26)5-6-21(19)27-22)24(33)31-13-9-18(10-14-31)17-7-11-30(4)12-8-17/h5-6,15-18,27H,7-14H2,1-4H3,(H,28,32)/t25-/m1/s1. The minimum Gasteiger partial charge on any atom is -0.351 e. The Hall–Kier alpha value is -2.09. The number of piperidine rings is 2. The fourth-order valence-electron chi connectivity index (χ4n) is 5.25. The molecule has 0 bridgehead atoms. The highest BCUT2D eigenvalue weighted by Crippen LogP contribution is 2.33. The Balaban J connectivity index is 1.42. The van der Waals surface area contributed by atoms with Gasteiger partial charge in [-0.1, -0.05) is 11.6 Å². The molecule has 0 aliphatic carbocycles. The Bertz CT molecular complexity index is 1010. The molecule has 4 rings (SSSR count). The second-order valence-electron chi connectivity index (χ2n) is 10.1. The first-order valence-electron chi connectivity index (χ1n) is 11.9. The largest absolute Gasteiger partial charge is 0.351 e. The highest BCUT2D eigenvalue weighted by molar-refractivity contribution is 6.31. The second kappa shape index (κ2) is 9.65. The van der Waals surface area contributed by atoms with Crippen LogP contribution in [0.2, 0.25) is 5.02 Å². The van der Waals surface area contributed by atoms with Crippen molar-refractivity contribution >= 4 is 34.3 Å². The summed E-state index contributed by atoms with van der Waals surface area (Å²) >= 11 is 6.08. The molecular formula is C25H36ClN5O2. The SMILES string of the molecule is CN1CCC(C2CCN(C(=O)[C@](C)(NC(=O)c3cc4cc(Cl)ccc4[nH]3)N(C)C)CC2)CC1. The maximum atomic E-state index is 13.6. The monoisotopic (exact) mass is 473 g/mol. The number of halogens is 1. The van der Waals surface area contributed by atoms with E-state index in [9.17, 15) is 9.59 Å². The van der Waals surface area contributed by atoms with Crippen LogP contribution in [0.5, 0.6) is 0 Å². The number of H-pyrrole nitrogens is 1. The maximum absolute atomic E-state index is 13.6. The molecule has 7 nitrogen and oxygen atoms in total. The van der Waals surface area contributed by atoms with Crippen LogP contribution in [0.4, 0.5) is 0 Å². The van der Waals surface area contributed by atoms with Crippen molar-refractivity contribution in [1.29, 1.82) is 0 Å². The van der Waals surface area contributed by atoms with Gasteiger partial charge >= 0.3 is 0 Å². The molecule has 1 aromatic carbocycles. The minimum absolute atomic E-state index is 0.0539. The molecule has 2 aromatic rings. The molecule has 0 radical (unpaired) electrons. The van der Waals surface area contributed by atoms with Crippen LogP contribution in [0.15, 0.2) is 24.3 Å². The Morgan fingerprint density at radius 2 is 1.67 bits per heavy atom. The van der Waals surface area contributed by atoms with Gasteiger partial charge in [0.2, 0.25) is 0 Å². The van der Waals surface area contributed by atoms with Crippen LogP contribution in [0.1, 0.15) is 43.1 Å². The molecule has 0 unspecified atom stereocenters. The lowest BCUT2D eigenvalue weighted by molar-refractivity contribution is -0.145. The zero-order chi connectivity index (χ0) is 23.8. The molecule has 2 fully saturated rings. The van der Waals surface area contributed by atoms with Crippen LogP contribution in [0.3, 0.4) is 0 Å². The van der Waals surface area contributed by atoms with E-state index >= 15 is 0 Å². The van der Waals surface area contributed by atoms with Crippen molar-refractivity contribution < 1.29 is 9.59 Å². The van der Waals surface area contributed by atoms with Gasteiger partial charge in [-0.2, -0.15) is 0 Å². The summed E-state index contributed by atoms with van der Waals surface area (Å²) in [5.41, 5.74) is 0.111. The van der Waals surface area contributed by atoms with Crippen molar-refractivity contribution in [2.75, 3.05) is 47.3 Å². The molecule has 1 atom stereocenters. The van der Waals surface area contributed by atoms with Crippen LogP contribution < -0.4 is 5.32 Å². The van der Waals surface area contributed by atoms with E-state index in [4.69, 9.17) is 11.6 Å².